The van der Waals surface area contributed by atoms with Gasteiger partial charge in [-0.2, -0.15) is 0 Å². The van der Waals surface area contributed by atoms with E-state index in [1.54, 1.807) is 6.92 Å². The van der Waals surface area contributed by atoms with E-state index >= 15 is 0 Å². The van der Waals surface area contributed by atoms with Gasteiger partial charge in [-0.3, -0.25) is 10.1 Å². The lowest BCUT2D eigenvalue weighted by Crippen LogP contribution is -2.21. The Kier molecular flexibility index (Phi) is 3.63. The number of rotatable bonds is 3. The quantitative estimate of drug-likeness (QED) is 0.612. The van der Waals surface area contributed by atoms with Crippen LogP contribution in [0.3, 0.4) is 0 Å². The van der Waals surface area contributed by atoms with Gasteiger partial charge in [-0.1, -0.05) is 0 Å². The van der Waals surface area contributed by atoms with Crippen LogP contribution in [0.25, 0.3) is 0 Å². The third-order valence-corrected chi connectivity index (χ3v) is 3.82. The summed E-state index contributed by atoms with van der Waals surface area (Å²) >= 11 is 0. The van der Waals surface area contributed by atoms with Crippen LogP contribution in [0.4, 0.5) is 5.69 Å². The predicted octanol–water partition coefficient (Wildman–Crippen LogP) is 0.969. The molecule has 1 heterocycles. The third kappa shape index (κ3) is 2.57. The van der Waals surface area contributed by atoms with Crippen LogP contribution in [0.5, 0.6) is 0 Å². The first-order chi connectivity index (χ1) is 9.34. The zero-order chi connectivity index (χ0) is 14.9. The van der Waals surface area contributed by atoms with E-state index in [9.17, 15) is 18.0 Å². The Bertz CT molecular complexity index is 718. The van der Waals surface area contributed by atoms with Gasteiger partial charge in [0.2, 0.25) is 5.78 Å². The molecule has 20 heavy (non-hydrogen) atoms. The van der Waals surface area contributed by atoms with E-state index in [4.69, 9.17) is 4.74 Å². The van der Waals surface area contributed by atoms with Crippen LogP contribution in [0.15, 0.2) is 34.9 Å². The molecule has 0 amide bonds. The van der Waals surface area contributed by atoms with Gasteiger partial charge in [0.15, 0.2) is 9.84 Å². The zero-order valence-corrected chi connectivity index (χ0v) is 11.7. The van der Waals surface area contributed by atoms with Crippen LogP contribution < -0.4 is 5.32 Å². The van der Waals surface area contributed by atoms with Gasteiger partial charge < -0.3 is 4.74 Å². The van der Waals surface area contributed by atoms with Crippen LogP contribution in [0.1, 0.15) is 17.3 Å². The Morgan fingerprint density at radius 3 is 2.65 bits per heavy atom. The first-order valence-corrected chi connectivity index (χ1v) is 7.70. The largest absolute Gasteiger partial charge is 0.462 e. The molecule has 1 aliphatic heterocycles. The molecule has 6 nitrogen and oxygen atoms in total. The molecular weight excluding hydrogens is 282 g/mol. The van der Waals surface area contributed by atoms with Gasteiger partial charge in [-0.25, -0.2) is 13.2 Å². The van der Waals surface area contributed by atoms with E-state index in [2.05, 4.69) is 5.32 Å². The molecule has 0 atom stereocenters. The van der Waals surface area contributed by atoms with Gasteiger partial charge in [0, 0.05) is 18.0 Å². The maximum Gasteiger partial charge on any atom is 0.343 e. The average Bonchev–Trinajstić information content (AvgIpc) is 2.38. The number of carbonyl (C=O) groups excluding carboxylic acids is 2. The second-order valence-electron chi connectivity index (χ2n) is 4.17. The van der Waals surface area contributed by atoms with Crippen molar-refractivity contribution in [1.82, 2.24) is 5.32 Å². The number of hydrogen-bond donors (Lipinski definition) is 0. The lowest BCUT2D eigenvalue weighted by molar-refractivity contribution is -0.138. The second kappa shape index (κ2) is 5.09. The molecule has 0 saturated heterocycles. The van der Waals surface area contributed by atoms with Gasteiger partial charge in [0.05, 0.1) is 17.2 Å². The summed E-state index contributed by atoms with van der Waals surface area (Å²) in [6.45, 7) is 1.76. The molecule has 0 saturated carbocycles. The molecule has 1 aliphatic rings. The van der Waals surface area contributed by atoms with Gasteiger partial charge in [0.25, 0.3) is 0 Å². The Morgan fingerprint density at radius 1 is 1.35 bits per heavy atom. The number of Topliss-reactive ketones (excluding diaryl/α,β-unsaturated/α-hetero) is 1. The Balaban J connectivity index is 2.44. The fourth-order valence-corrected chi connectivity index (χ4v) is 2.38. The van der Waals surface area contributed by atoms with E-state index in [1.165, 1.54) is 18.2 Å². The van der Waals surface area contributed by atoms with Crippen molar-refractivity contribution in [2.24, 2.45) is 0 Å². The topological polar surface area (TPSA) is 91.6 Å². The summed E-state index contributed by atoms with van der Waals surface area (Å²) in [4.78, 5) is 23.8. The van der Waals surface area contributed by atoms with Crippen molar-refractivity contribution < 1.29 is 22.7 Å². The summed E-state index contributed by atoms with van der Waals surface area (Å²) in [6, 6.07) is 4.03. The summed E-state index contributed by atoms with van der Waals surface area (Å²) in [7, 11) is -3.44. The van der Waals surface area contributed by atoms with Crippen LogP contribution in [-0.4, -0.2) is 33.0 Å². The maximum atomic E-state index is 12.2. The van der Waals surface area contributed by atoms with E-state index in [0.717, 1.165) is 12.5 Å². The van der Waals surface area contributed by atoms with Crippen molar-refractivity contribution in [3.63, 3.8) is 0 Å². The summed E-state index contributed by atoms with van der Waals surface area (Å²) in [5.41, 5.74) is 0.207. The fraction of sp³-hybridized carbons (Fsp3) is 0.231. The van der Waals surface area contributed by atoms with Crippen molar-refractivity contribution in [3.8, 4) is 0 Å². The molecule has 2 rings (SSSR count). The van der Waals surface area contributed by atoms with Crippen LogP contribution >= 0.6 is 0 Å². The molecule has 1 aromatic rings. The fourth-order valence-electron chi connectivity index (χ4n) is 1.73. The van der Waals surface area contributed by atoms with Gasteiger partial charge in [0.1, 0.15) is 5.57 Å². The van der Waals surface area contributed by atoms with Crippen molar-refractivity contribution in [3.05, 3.63) is 35.5 Å². The highest BCUT2D eigenvalue weighted by Gasteiger charge is 2.28. The van der Waals surface area contributed by atoms with E-state index < -0.39 is 21.6 Å². The first-order valence-electron chi connectivity index (χ1n) is 5.81. The number of benzene rings is 1. The molecule has 0 fully saturated rings. The lowest BCUT2D eigenvalue weighted by Gasteiger charge is -2.15. The lowest BCUT2D eigenvalue weighted by atomic mass is 9.99. The monoisotopic (exact) mass is 294 g/mol. The minimum absolute atomic E-state index is 0.00455. The highest BCUT2D eigenvalue weighted by Crippen LogP contribution is 2.27. The minimum atomic E-state index is -3.44. The van der Waals surface area contributed by atoms with Crippen molar-refractivity contribution in [1.29, 1.82) is 0 Å². The Hall–Kier alpha value is -2.15. The average molecular weight is 294 g/mol. The summed E-state index contributed by atoms with van der Waals surface area (Å²) < 4.78 is 27.7. The molecule has 0 aromatic heterocycles. The zero-order valence-electron chi connectivity index (χ0n) is 10.9. The van der Waals surface area contributed by atoms with Crippen molar-refractivity contribution in [2.45, 2.75) is 11.8 Å². The molecule has 105 valence electrons. The first kappa shape index (κ1) is 14.3. The number of ether oxygens (including phenoxy) is 1. The SMILES string of the molecule is CCOC(=O)C1=C[N]c2ccc(S(C)(=O)=O)cc2C1=O. The van der Waals surface area contributed by atoms with Gasteiger partial charge >= 0.3 is 5.97 Å². The van der Waals surface area contributed by atoms with Crippen LogP contribution in [0.2, 0.25) is 0 Å². The molecule has 0 N–H and O–H groups in total. The highest BCUT2D eigenvalue weighted by atomic mass is 32.2. The smallest absolute Gasteiger partial charge is 0.343 e. The van der Waals surface area contributed by atoms with Crippen molar-refractivity contribution >= 4 is 27.3 Å². The second-order valence-corrected chi connectivity index (χ2v) is 6.19. The molecule has 0 aliphatic carbocycles. The normalized spacial score (nSPS) is 14.1. The molecule has 1 aromatic carbocycles. The van der Waals surface area contributed by atoms with Crippen molar-refractivity contribution in [2.75, 3.05) is 12.9 Å². The van der Waals surface area contributed by atoms with E-state index in [0.29, 0.717) is 5.69 Å². The predicted molar refractivity (Wildman–Crippen MR) is 70.4 cm³/mol. The standard InChI is InChI=1S/C13H12NO5S/c1-3-19-13(16)10-7-14-11-5-4-8(20(2,17)18)6-9(11)12(10)15/h4-7H,3H2,1-2H3. The highest BCUT2D eigenvalue weighted by molar-refractivity contribution is 7.90. The molecule has 0 bridgehead atoms. The Morgan fingerprint density at radius 2 is 2.05 bits per heavy atom. The third-order valence-electron chi connectivity index (χ3n) is 2.71. The Labute approximate surface area is 116 Å². The minimum Gasteiger partial charge on any atom is -0.462 e. The number of hydrogen-bond acceptors (Lipinski definition) is 5. The number of sulfone groups is 1. The number of ketones is 1. The van der Waals surface area contributed by atoms with E-state index in [1.807, 2.05) is 0 Å². The van der Waals surface area contributed by atoms with Crippen LogP contribution in [0, 0.1) is 0 Å². The molecule has 0 spiro atoms. The number of carbonyl (C=O) groups is 2. The summed E-state index contributed by atoms with van der Waals surface area (Å²) in [6.07, 6.45) is 2.18. The summed E-state index contributed by atoms with van der Waals surface area (Å²) in [5, 5.41) is 3.97. The van der Waals surface area contributed by atoms with E-state index in [-0.39, 0.29) is 22.6 Å². The van der Waals surface area contributed by atoms with Crippen LogP contribution in [-0.2, 0) is 19.4 Å². The van der Waals surface area contributed by atoms with Gasteiger partial charge in [-0.05, 0) is 25.1 Å². The molecule has 1 radical (unpaired) electrons. The number of fused-ring (bicyclic) bond motifs is 1. The summed E-state index contributed by atoms with van der Waals surface area (Å²) in [5.74, 6) is -1.35. The van der Waals surface area contributed by atoms with Gasteiger partial charge in [-0.15, -0.1) is 0 Å². The number of esters is 1. The maximum absolute atomic E-state index is 12.2. The molecule has 0 unspecified atom stereocenters. The molecular formula is C13H12NO5S. The molecule has 7 heteroatoms. The number of nitrogens with zero attached hydrogens (tertiary/aromatic N) is 1.